The van der Waals surface area contributed by atoms with Crippen LogP contribution in [0.5, 0.6) is 0 Å². The second kappa shape index (κ2) is 6.01. The number of hydrogen-bond acceptors (Lipinski definition) is 3. The summed E-state index contributed by atoms with van der Waals surface area (Å²) in [7, 11) is 0. The molecule has 1 spiro atoms. The molecule has 0 amide bonds. The van der Waals surface area contributed by atoms with Crippen molar-refractivity contribution < 1.29 is 27.7 Å². The molecule has 8 heteroatoms. The van der Waals surface area contributed by atoms with Crippen LogP contribution in [0.1, 0.15) is 43.2 Å². The fraction of sp³-hybridized carbons (Fsp3) is 0.700. The zero-order chi connectivity index (χ0) is 19.9. The van der Waals surface area contributed by atoms with E-state index in [0.717, 1.165) is 24.8 Å². The lowest BCUT2D eigenvalue weighted by Crippen LogP contribution is -2.78. The van der Waals surface area contributed by atoms with E-state index in [2.05, 4.69) is 0 Å². The molecular weight excluding hydrogens is 416 g/mol. The molecule has 1 saturated heterocycles. The quantitative estimate of drug-likeness (QED) is 0.436. The van der Waals surface area contributed by atoms with E-state index in [4.69, 9.17) is 37.7 Å². The Balaban J connectivity index is 1.60. The maximum absolute atomic E-state index is 13.1. The second-order valence-electron chi connectivity index (χ2n) is 8.94. The smallest absolute Gasteiger partial charge is 0.332 e. The first kappa shape index (κ1) is 19.4. The average Bonchev–Trinajstić information content (AvgIpc) is 2.55. The van der Waals surface area contributed by atoms with Crippen LogP contribution in [0.3, 0.4) is 0 Å². The van der Waals surface area contributed by atoms with Crippen molar-refractivity contribution in [1.29, 1.82) is 0 Å². The highest BCUT2D eigenvalue weighted by molar-refractivity contribution is 6.31. The standard InChI is InChI=1S/C20H21Cl2F3O3/c1-11-4-13(2-3-16(11)21)20(26-10-18(23,24)25)19(27-28-20)14-5-12-6-15(19)9-17(22,7-12)8-14/h2-4,12,14-15H,5-10H2,1H3. The predicted octanol–water partition coefficient (Wildman–Crippen LogP) is 5.90. The first-order valence-electron chi connectivity index (χ1n) is 9.60. The van der Waals surface area contributed by atoms with Gasteiger partial charge in [0.25, 0.3) is 5.79 Å². The number of hydrogen-bond donors (Lipinski definition) is 0. The maximum atomic E-state index is 13.1. The van der Waals surface area contributed by atoms with Gasteiger partial charge < -0.3 is 4.74 Å². The van der Waals surface area contributed by atoms with Gasteiger partial charge in [0.15, 0.2) is 5.60 Å². The fourth-order valence-corrected chi connectivity index (χ4v) is 6.99. The monoisotopic (exact) mass is 436 g/mol. The molecule has 154 valence electrons. The molecule has 6 rings (SSSR count). The van der Waals surface area contributed by atoms with Crippen LogP contribution in [0.4, 0.5) is 13.2 Å². The van der Waals surface area contributed by atoms with Crippen LogP contribution < -0.4 is 0 Å². The third-order valence-corrected chi connectivity index (χ3v) is 8.00. The van der Waals surface area contributed by atoms with Crippen molar-refractivity contribution in [2.45, 2.75) is 61.5 Å². The molecule has 1 heterocycles. The summed E-state index contributed by atoms with van der Waals surface area (Å²) in [6, 6.07) is 5.08. The Labute approximate surface area is 171 Å². The molecule has 1 aromatic rings. The van der Waals surface area contributed by atoms with Gasteiger partial charge in [-0.1, -0.05) is 17.7 Å². The van der Waals surface area contributed by atoms with Gasteiger partial charge in [-0.05, 0) is 74.5 Å². The Morgan fingerprint density at radius 2 is 1.82 bits per heavy atom. The van der Waals surface area contributed by atoms with E-state index in [-0.39, 0.29) is 16.7 Å². The molecule has 0 aromatic heterocycles. The predicted molar refractivity (Wildman–Crippen MR) is 96.9 cm³/mol. The van der Waals surface area contributed by atoms with Crippen LogP contribution in [0.15, 0.2) is 18.2 Å². The number of aryl methyl sites for hydroxylation is 1. The molecule has 3 nitrogen and oxygen atoms in total. The molecule has 4 aliphatic carbocycles. The summed E-state index contributed by atoms with van der Waals surface area (Å²) >= 11 is 13.0. The lowest BCUT2D eigenvalue weighted by Gasteiger charge is -2.70. The minimum Gasteiger partial charge on any atom is -0.332 e. The van der Waals surface area contributed by atoms with Gasteiger partial charge in [-0.15, -0.1) is 11.6 Å². The third-order valence-electron chi connectivity index (χ3n) is 7.12. The lowest BCUT2D eigenvalue weighted by atomic mass is 9.46. The molecule has 0 radical (unpaired) electrons. The average molecular weight is 437 g/mol. The van der Waals surface area contributed by atoms with Crippen molar-refractivity contribution in [3.05, 3.63) is 34.3 Å². The molecule has 4 saturated carbocycles. The van der Waals surface area contributed by atoms with Crippen molar-refractivity contribution in [1.82, 2.24) is 0 Å². The Kier molecular flexibility index (Phi) is 4.17. The largest absolute Gasteiger partial charge is 0.411 e. The van der Waals surface area contributed by atoms with Gasteiger partial charge in [-0.25, -0.2) is 4.89 Å². The summed E-state index contributed by atoms with van der Waals surface area (Å²) in [5.41, 5.74) is 0.312. The van der Waals surface area contributed by atoms with Crippen LogP contribution in [0.2, 0.25) is 5.02 Å². The lowest BCUT2D eigenvalue weighted by molar-refractivity contribution is -0.650. The number of benzene rings is 1. The van der Waals surface area contributed by atoms with Crippen molar-refractivity contribution in [2.75, 3.05) is 6.61 Å². The van der Waals surface area contributed by atoms with E-state index in [1.54, 1.807) is 25.1 Å². The highest BCUT2D eigenvalue weighted by atomic mass is 35.5. The molecule has 0 N–H and O–H groups in total. The van der Waals surface area contributed by atoms with Crippen LogP contribution in [-0.2, 0) is 20.3 Å². The Morgan fingerprint density at radius 3 is 2.32 bits per heavy atom. The van der Waals surface area contributed by atoms with Gasteiger partial charge in [0.05, 0.1) is 0 Å². The minimum atomic E-state index is -4.48. The van der Waals surface area contributed by atoms with Crippen LogP contribution in [0.25, 0.3) is 0 Å². The summed E-state index contributed by atoms with van der Waals surface area (Å²) in [4.78, 5) is 11.0. The van der Waals surface area contributed by atoms with Gasteiger partial charge in [0.2, 0.25) is 0 Å². The van der Waals surface area contributed by atoms with Gasteiger partial charge >= 0.3 is 6.18 Å². The SMILES string of the molecule is Cc1cc(C2(OCC(F)(F)F)OOC23C2CC4CC3CC(Cl)(C4)C2)ccc1Cl. The second-order valence-corrected chi connectivity index (χ2v) is 10.1. The zero-order valence-electron chi connectivity index (χ0n) is 15.3. The van der Waals surface area contributed by atoms with Gasteiger partial charge in [-0.3, -0.25) is 0 Å². The molecular formula is C20H21Cl2F3O3. The number of rotatable bonds is 3. The first-order chi connectivity index (χ1) is 13.1. The Hall–Kier alpha value is -0.530. The number of alkyl halides is 4. The molecule has 28 heavy (non-hydrogen) atoms. The fourth-order valence-electron chi connectivity index (χ4n) is 6.29. The topological polar surface area (TPSA) is 27.7 Å². The molecule has 3 unspecified atom stereocenters. The molecule has 5 fully saturated rings. The van der Waals surface area contributed by atoms with E-state index in [9.17, 15) is 13.2 Å². The molecule has 4 bridgehead atoms. The Morgan fingerprint density at radius 1 is 1.14 bits per heavy atom. The van der Waals surface area contributed by atoms with Crippen molar-refractivity contribution in [2.24, 2.45) is 17.8 Å². The van der Waals surface area contributed by atoms with Gasteiger partial charge in [0.1, 0.15) is 6.61 Å². The van der Waals surface area contributed by atoms with Crippen LogP contribution in [0, 0.1) is 24.7 Å². The summed E-state index contributed by atoms with van der Waals surface area (Å²) in [6.45, 7) is 0.398. The molecule has 1 aromatic carbocycles. The van der Waals surface area contributed by atoms with Gasteiger partial charge in [-0.2, -0.15) is 18.1 Å². The zero-order valence-corrected chi connectivity index (χ0v) is 16.8. The van der Waals surface area contributed by atoms with Crippen LogP contribution >= 0.6 is 23.2 Å². The minimum absolute atomic E-state index is 0.00535. The van der Waals surface area contributed by atoms with Crippen molar-refractivity contribution in [3.8, 4) is 0 Å². The van der Waals surface area contributed by atoms with Crippen molar-refractivity contribution in [3.63, 3.8) is 0 Å². The van der Waals surface area contributed by atoms with Gasteiger partial charge in [0, 0.05) is 15.5 Å². The van der Waals surface area contributed by atoms with E-state index >= 15 is 0 Å². The van der Waals surface area contributed by atoms with Crippen LogP contribution in [-0.4, -0.2) is 23.3 Å². The molecule has 5 aliphatic rings. The Bertz CT molecular complexity index is 798. The molecule has 1 aliphatic heterocycles. The summed E-state index contributed by atoms with van der Waals surface area (Å²) in [5, 5.41) is 0.536. The molecule has 3 atom stereocenters. The third kappa shape index (κ3) is 2.61. The number of halogens is 5. The van der Waals surface area contributed by atoms with E-state index < -0.39 is 24.2 Å². The van der Waals surface area contributed by atoms with E-state index in [1.807, 2.05) is 0 Å². The van der Waals surface area contributed by atoms with Crippen molar-refractivity contribution >= 4 is 23.2 Å². The summed E-state index contributed by atoms with van der Waals surface area (Å²) in [5.74, 6) is -1.13. The van der Waals surface area contributed by atoms with E-state index in [1.165, 1.54) is 0 Å². The highest BCUT2D eigenvalue weighted by Crippen LogP contribution is 2.71. The highest BCUT2D eigenvalue weighted by Gasteiger charge is 2.78. The summed E-state index contributed by atoms with van der Waals surface area (Å²) in [6.07, 6.45) is -0.359. The maximum Gasteiger partial charge on any atom is 0.411 e. The number of ether oxygens (including phenoxy) is 1. The first-order valence-corrected chi connectivity index (χ1v) is 10.4. The normalized spacial score (nSPS) is 44.1. The van der Waals surface area contributed by atoms with E-state index in [0.29, 0.717) is 29.3 Å². The summed E-state index contributed by atoms with van der Waals surface area (Å²) < 4.78 is 44.9.